The Kier molecular flexibility index (Phi) is 2.91. The molecule has 0 spiro atoms. The summed E-state index contributed by atoms with van der Waals surface area (Å²) >= 11 is 0. The van der Waals surface area contributed by atoms with Gasteiger partial charge < -0.3 is 5.32 Å². The lowest BCUT2D eigenvalue weighted by atomic mass is 10.0. The number of hydrogen-bond acceptors (Lipinski definition) is 3. The van der Waals surface area contributed by atoms with Gasteiger partial charge in [0.25, 0.3) is 0 Å². The maximum atomic E-state index is 11.8. The fraction of sp³-hybridized carbons (Fsp3) is 0.200. The van der Waals surface area contributed by atoms with Crippen molar-refractivity contribution in [3.63, 3.8) is 0 Å². The lowest BCUT2D eigenvalue weighted by Gasteiger charge is -2.23. The number of benzene rings is 2. The summed E-state index contributed by atoms with van der Waals surface area (Å²) in [7, 11) is 0. The predicted molar refractivity (Wildman–Crippen MR) is 73.7 cm³/mol. The van der Waals surface area contributed by atoms with Crippen LogP contribution in [-0.4, -0.2) is 17.9 Å². The SMILES string of the molecule is O=C1CCC(Nc2cccc3ccccc23)C(=O)N1. The summed E-state index contributed by atoms with van der Waals surface area (Å²) in [6.45, 7) is 0. The number of anilines is 1. The maximum Gasteiger partial charge on any atom is 0.249 e. The molecule has 2 aromatic carbocycles. The zero-order valence-electron chi connectivity index (χ0n) is 10.3. The largest absolute Gasteiger partial charge is 0.373 e. The highest BCUT2D eigenvalue weighted by atomic mass is 16.2. The summed E-state index contributed by atoms with van der Waals surface area (Å²) in [5, 5.41) is 7.79. The second kappa shape index (κ2) is 4.72. The van der Waals surface area contributed by atoms with E-state index < -0.39 is 0 Å². The van der Waals surface area contributed by atoms with Crippen LogP contribution in [0.25, 0.3) is 10.8 Å². The van der Waals surface area contributed by atoms with E-state index in [0.717, 1.165) is 16.5 Å². The van der Waals surface area contributed by atoms with E-state index in [1.807, 2.05) is 42.5 Å². The van der Waals surface area contributed by atoms with Crippen LogP contribution in [0.3, 0.4) is 0 Å². The van der Waals surface area contributed by atoms with Crippen molar-refractivity contribution in [1.82, 2.24) is 5.32 Å². The van der Waals surface area contributed by atoms with Crippen LogP contribution in [0, 0.1) is 0 Å². The zero-order chi connectivity index (χ0) is 13.2. The molecular weight excluding hydrogens is 240 g/mol. The molecule has 0 bridgehead atoms. The summed E-state index contributed by atoms with van der Waals surface area (Å²) < 4.78 is 0. The van der Waals surface area contributed by atoms with E-state index >= 15 is 0 Å². The third-order valence-corrected chi connectivity index (χ3v) is 3.36. The van der Waals surface area contributed by atoms with Gasteiger partial charge in [0.1, 0.15) is 6.04 Å². The van der Waals surface area contributed by atoms with Crippen LogP contribution in [0.2, 0.25) is 0 Å². The van der Waals surface area contributed by atoms with E-state index in [9.17, 15) is 9.59 Å². The van der Waals surface area contributed by atoms with Gasteiger partial charge in [-0.2, -0.15) is 0 Å². The Morgan fingerprint density at radius 3 is 2.68 bits per heavy atom. The molecule has 1 heterocycles. The van der Waals surface area contributed by atoms with E-state index in [-0.39, 0.29) is 17.9 Å². The molecule has 2 N–H and O–H groups in total. The summed E-state index contributed by atoms with van der Waals surface area (Å²) in [6, 6.07) is 13.6. The number of amides is 2. The van der Waals surface area contributed by atoms with Crippen LogP contribution < -0.4 is 10.6 Å². The molecule has 1 saturated heterocycles. The van der Waals surface area contributed by atoms with Gasteiger partial charge in [0.15, 0.2) is 0 Å². The highest BCUT2D eigenvalue weighted by Crippen LogP contribution is 2.24. The Morgan fingerprint density at radius 2 is 1.84 bits per heavy atom. The number of hydrogen-bond donors (Lipinski definition) is 2. The predicted octanol–water partition coefficient (Wildman–Crippen LogP) is 2.06. The number of rotatable bonds is 2. The number of carbonyl (C=O) groups excluding carboxylic acids is 2. The molecule has 1 atom stereocenters. The van der Waals surface area contributed by atoms with Crippen molar-refractivity contribution < 1.29 is 9.59 Å². The van der Waals surface area contributed by atoms with E-state index in [0.29, 0.717) is 12.8 Å². The van der Waals surface area contributed by atoms with Crippen molar-refractivity contribution in [2.45, 2.75) is 18.9 Å². The standard InChI is InChI=1S/C15H14N2O2/c18-14-9-8-13(15(19)17-14)16-12-7-3-5-10-4-1-2-6-11(10)12/h1-7,13,16H,8-9H2,(H,17,18,19). The normalized spacial score (nSPS) is 19.3. The first kappa shape index (κ1) is 11.7. The van der Waals surface area contributed by atoms with E-state index in [4.69, 9.17) is 0 Å². The Labute approximate surface area is 110 Å². The molecule has 1 aliphatic rings. The van der Waals surface area contributed by atoms with Gasteiger partial charge in [-0.05, 0) is 17.9 Å². The minimum Gasteiger partial charge on any atom is -0.373 e. The van der Waals surface area contributed by atoms with E-state index in [1.54, 1.807) is 0 Å². The zero-order valence-corrected chi connectivity index (χ0v) is 10.3. The minimum atomic E-state index is -0.344. The molecule has 96 valence electrons. The molecular formula is C15H14N2O2. The number of carbonyl (C=O) groups is 2. The first-order chi connectivity index (χ1) is 9.24. The summed E-state index contributed by atoms with van der Waals surface area (Å²) in [5.41, 5.74) is 0.924. The van der Waals surface area contributed by atoms with E-state index in [2.05, 4.69) is 10.6 Å². The molecule has 0 aliphatic carbocycles. The molecule has 1 unspecified atom stereocenters. The van der Waals surface area contributed by atoms with Gasteiger partial charge in [0.05, 0.1) is 0 Å². The first-order valence-corrected chi connectivity index (χ1v) is 6.32. The maximum absolute atomic E-state index is 11.8. The highest BCUT2D eigenvalue weighted by molar-refractivity contribution is 6.02. The molecule has 19 heavy (non-hydrogen) atoms. The Hall–Kier alpha value is -2.36. The number of nitrogens with one attached hydrogen (secondary N) is 2. The second-order valence-electron chi connectivity index (χ2n) is 4.67. The fourth-order valence-electron chi connectivity index (χ4n) is 2.37. The number of fused-ring (bicyclic) bond motifs is 1. The van der Waals surface area contributed by atoms with Crippen molar-refractivity contribution in [3.05, 3.63) is 42.5 Å². The first-order valence-electron chi connectivity index (χ1n) is 6.32. The lowest BCUT2D eigenvalue weighted by molar-refractivity contribution is -0.133. The average Bonchev–Trinajstić information content (AvgIpc) is 2.42. The van der Waals surface area contributed by atoms with Crippen molar-refractivity contribution in [2.75, 3.05) is 5.32 Å². The molecule has 2 amide bonds. The molecule has 4 nitrogen and oxygen atoms in total. The molecule has 2 aromatic rings. The average molecular weight is 254 g/mol. The van der Waals surface area contributed by atoms with Gasteiger partial charge in [-0.3, -0.25) is 14.9 Å². The van der Waals surface area contributed by atoms with Crippen LogP contribution in [0.15, 0.2) is 42.5 Å². The molecule has 4 heteroatoms. The topological polar surface area (TPSA) is 58.2 Å². The molecule has 0 aromatic heterocycles. The van der Waals surface area contributed by atoms with Gasteiger partial charge in [-0.25, -0.2) is 0 Å². The summed E-state index contributed by atoms with van der Waals surface area (Å²) in [5.74, 6) is -0.440. The highest BCUT2D eigenvalue weighted by Gasteiger charge is 2.26. The Morgan fingerprint density at radius 1 is 1.05 bits per heavy atom. The summed E-state index contributed by atoms with van der Waals surface area (Å²) in [4.78, 5) is 22.9. The van der Waals surface area contributed by atoms with Gasteiger partial charge in [0, 0.05) is 17.5 Å². The van der Waals surface area contributed by atoms with Crippen molar-refractivity contribution in [3.8, 4) is 0 Å². The third kappa shape index (κ3) is 2.29. The molecule has 0 radical (unpaired) electrons. The molecule has 0 saturated carbocycles. The van der Waals surface area contributed by atoms with Gasteiger partial charge in [-0.1, -0.05) is 36.4 Å². The monoisotopic (exact) mass is 254 g/mol. The van der Waals surface area contributed by atoms with Gasteiger partial charge in [-0.15, -0.1) is 0 Å². The van der Waals surface area contributed by atoms with Gasteiger partial charge in [0.2, 0.25) is 11.8 Å². The fourth-order valence-corrected chi connectivity index (χ4v) is 2.37. The van der Waals surface area contributed by atoms with Crippen LogP contribution in [0.4, 0.5) is 5.69 Å². The van der Waals surface area contributed by atoms with E-state index in [1.165, 1.54) is 0 Å². The minimum absolute atomic E-state index is 0.194. The third-order valence-electron chi connectivity index (χ3n) is 3.36. The Balaban J connectivity index is 1.89. The van der Waals surface area contributed by atoms with Crippen molar-refractivity contribution in [2.24, 2.45) is 0 Å². The smallest absolute Gasteiger partial charge is 0.249 e. The molecule has 1 fully saturated rings. The van der Waals surface area contributed by atoms with Crippen LogP contribution in [0.1, 0.15) is 12.8 Å². The second-order valence-corrected chi connectivity index (χ2v) is 4.67. The number of imide groups is 1. The Bertz CT molecular complexity index is 646. The summed E-state index contributed by atoms with van der Waals surface area (Å²) in [6.07, 6.45) is 0.919. The van der Waals surface area contributed by atoms with Crippen molar-refractivity contribution in [1.29, 1.82) is 0 Å². The quantitative estimate of drug-likeness (QED) is 0.806. The van der Waals surface area contributed by atoms with Crippen LogP contribution in [0.5, 0.6) is 0 Å². The van der Waals surface area contributed by atoms with Crippen LogP contribution >= 0.6 is 0 Å². The van der Waals surface area contributed by atoms with Crippen molar-refractivity contribution >= 4 is 28.3 Å². The molecule has 3 rings (SSSR count). The molecule has 1 aliphatic heterocycles. The number of piperidine rings is 1. The lowest BCUT2D eigenvalue weighted by Crippen LogP contribution is -2.47. The van der Waals surface area contributed by atoms with Gasteiger partial charge >= 0.3 is 0 Å². The van der Waals surface area contributed by atoms with Crippen LogP contribution in [-0.2, 0) is 9.59 Å².